The van der Waals surface area contributed by atoms with E-state index in [1.807, 2.05) is 55.5 Å². The number of amides is 1. The molecule has 0 saturated heterocycles. The highest BCUT2D eigenvalue weighted by Crippen LogP contribution is 2.25. The van der Waals surface area contributed by atoms with E-state index in [4.69, 9.17) is 9.47 Å². The summed E-state index contributed by atoms with van der Waals surface area (Å²) >= 11 is 0. The highest BCUT2D eigenvalue weighted by atomic mass is 16.5. The first kappa shape index (κ1) is 23.0. The number of benzene rings is 2. The van der Waals surface area contributed by atoms with Crippen LogP contribution in [0.5, 0.6) is 11.5 Å². The van der Waals surface area contributed by atoms with Crippen molar-refractivity contribution in [1.82, 2.24) is 14.3 Å². The molecule has 7 nitrogen and oxygen atoms in total. The van der Waals surface area contributed by atoms with Gasteiger partial charge in [0.15, 0.2) is 0 Å². The molecule has 0 aliphatic heterocycles. The molecule has 0 unspecified atom stereocenters. The molecule has 7 heteroatoms. The van der Waals surface area contributed by atoms with E-state index in [1.165, 1.54) is 6.42 Å². The van der Waals surface area contributed by atoms with Gasteiger partial charge < -0.3 is 19.2 Å². The molecule has 5 rings (SSSR count). The summed E-state index contributed by atoms with van der Waals surface area (Å²) in [7, 11) is 1.61. The third-order valence-corrected chi connectivity index (χ3v) is 6.83. The number of nitrogens with zero attached hydrogens (tertiary/aromatic N) is 2. The van der Waals surface area contributed by atoms with Crippen LogP contribution in [0.25, 0.3) is 16.4 Å². The lowest BCUT2D eigenvalue weighted by atomic mass is 9.95. The van der Waals surface area contributed by atoms with Crippen molar-refractivity contribution in [3.63, 3.8) is 0 Å². The van der Waals surface area contributed by atoms with E-state index in [0.717, 1.165) is 42.1 Å². The maximum absolute atomic E-state index is 13.8. The third kappa shape index (κ3) is 4.50. The minimum atomic E-state index is -0.227. The molecular formula is C28H31N3O4. The number of hydrogen-bond acceptors (Lipinski definition) is 4. The van der Waals surface area contributed by atoms with E-state index >= 15 is 0 Å². The lowest BCUT2D eigenvalue weighted by Gasteiger charge is -2.24. The van der Waals surface area contributed by atoms with Crippen molar-refractivity contribution < 1.29 is 14.3 Å². The minimum Gasteiger partial charge on any atom is -0.497 e. The molecule has 1 N–H and O–H groups in total. The molecule has 2 aromatic carbocycles. The van der Waals surface area contributed by atoms with Crippen LogP contribution in [0, 0.1) is 0 Å². The molecule has 0 atom stereocenters. The quantitative estimate of drug-likeness (QED) is 0.420. The molecule has 0 bridgehead atoms. The maximum atomic E-state index is 13.8. The average molecular weight is 474 g/mol. The number of methoxy groups -OCH3 is 1. The van der Waals surface area contributed by atoms with Gasteiger partial charge in [-0.2, -0.15) is 0 Å². The van der Waals surface area contributed by atoms with Crippen molar-refractivity contribution in [2.75, 3.05) is 13.7 Å². The van der Waals surface area contributed by atoms with Gasteiger partial charge in [-0.3, -0.25) is 14.2 Å². The van der Waals surface area contributed by atoms with Crippen LogP contribution in [0.1, 0.15) is 55.1 Å². The molecule has 0 radical (unpaired) electrons. The van der Waals surface area contributed by atoms with Gasteiger partial charge in [-0.1, -0.05) is 37.5 Å². The minimum absolute atomic E-state index is 0.132. The third-order valence-electron chi connectivity index (χ3n) is 6.83. The van der Waals surface area contributed by atoms with Crippen molar-refractivity contribution in [2.45, 2.75) is 51.6 Å². The number of rotatable bonds is 7. The first-order valence-electron chi connectivity index (χ1n) is 12.3. The second kappa shape index (κ2) is 9.86. The Labute approximate surface area is 204 Å². The number of ether oxygens (including phenoxy) is 2. The summed E-state index contributed by atoms with van der Waals surface area (Å²) in [5, 5.41) is 4.10. The van der Waals surface area contributed by atoms with Gasteiger partial charge >= 0.3 is 0 Å². The van der Waals surface area contributed by atoms with Crippen LogP contribution in [0.3, 0.4) is 0 Å². The van der Waals surface area contributed by atoms with Gasteiger partial charge in [0.25, 0.3) is 11.5 Å². The largest absolute Gasteiger partial charge is 0.497 e. The number of para-hydroxylation sites is 1. The van der Waals surface area contributed by atoms with Crippen LogP contribution < -0.4 is 20.3 Å². The average Bonchev–Trinajstić information content (AvgIpc) is 3.25. The first-order valence-corrected chi connectivity index (χ1v) is 12.3. The van der Waals surface area contributed by atoms with E-state index in [1.54, 1.807) is 22.3 Å². The van der Waals surface area contributed by atoms with Gasteiger partial charge in [-0.05, 0) is 44.0 Å². The zero-order valence-electron chi connectivity index (χ0n) is 20.3. The Morgan fingerprint density at radius 3 is 2.63 bits per heavy atom. The van der Waals surface area contributed by atoms with Gasteiger partial charge in [0.05, 0.1) is 25.8 Å². The molecule has 0 spiro atoms. The SMILES string of the molecule is CCOc1ccccc1Cn1c(C(=O)NC2CCCCC2)cn2c(cc3ccc(OC)cc32)c1=O. The van der Waals surface area contributed by atoms with Gasteiger partial charge in [0.2, 0.25) is 0 Å². The second-order valence-electron chi connectivity index (χ2n) is 9.08. The fourth-order valence-electron chi connectivity index (χ4n) is 5.02. The van der Waals surface area contributed by atoms with Crippen molar-refractivity contribution in [2.24, 2.45) is 0 Å². The van der Waals surface area contributed by atoms with Crippen LogP contribution in [0.15, 0.2) is 59.5 Å². The van der Waals surface area contributed by atoms with Crippen molar-refractivity contribution in [1.29, 1.82) is 0 Å². The summed E-state index contributed by atoms with van der Waals surface area (Å²) < 4.78 is 14.6. The molecule has 2 aromatic heterocycles. The Bertz CT molecular complexity index is 1430. The van der Waals surface area contributed by atoms with E-state index in [9.17, 15) is 9.59 Å². The highest BCUT2D eigenvalue weighted by molar-refractivity contribution is 5.94. The van der Waals surface area contributed by atoms with Gasteiger partial charge in [0.1, 0.15) is 22.7 Å². The van der Waals surface area contributed by atoms with Crippen LogP contribution >= 0.6 is 0 Å². The Morgan fingerprint density at radius 2 is 1.86 bits per heavy atom. The first-order chi connectivity index (χ1) is 17.1. The van der Waals surface area contributed by atoms with Crippen molar-refractivity contribution >= 4 is 22.3 Å². The lowest BCUT2D eigenvalue weighted by molar-refractivity contribution is 0.0916. The Balaban J connectivity index is 1.66. The predicted octanol–water partition coefficient (Wildman–Crippen LogP) is 4.77. The summed E-state index contributed by atoms with van der Waals surface area (Å²) in [6.07, 6.45) is 7.14. The van der Waals surface area contributed by atoms with Gasteiger partial charge in [0, 0.05) is 29.3 Å². The highest BCUT2D eigenvalue weighted by Gasteiger charge is 2.22. The predicted molar refractivity (Wildman–Crippen MR) is 137 cm³/mol. The second-order valence-corrected chi connectivity index (χ2v) is 9.08. The van der Waals surface area contributed by atoms with Crippen LogP contribution in [0.4, 0.5) is 0 Å². The van der Waals surface area contributed by atoms with E-state index in [2.05, 4.69) is 5.32 Å². The molecule has 1 aliphatic rings. The molecule has 182 valence electrons. The van der Waals surface area contributed by atoms with Crippen LogP contribution in [0.2, 0.25) is 0 Å². The lowest BCUT2D eigenvalue weighted by Crippen LogP contribution is -2.40. The van der Waals surface area contributed by atoms with E-state index in [0.29, 0.717) is 29.3 Å². The summed E-state index contributed by atoms with van der Waals surface area (Å²) in [5.74, 6) is 1.18. The van der Waals surface area contributed by atoms with Gasteiger partial charge in [-0.25, -0.2) is 0 Å². The fraction of sp³-hybridized carbons (Fsp3) is 0.357. The number of aromatic nitrogens is 2. The molecular weight excluding hydrogens is 442 g/mol. The maximum Gasteiger partial charge on any atom is 0.275 e. The summed E-state index contributed by atoms with van der Waals surface area (Å²) in [5.41, 5.74) is 2.30. The fourth-order valence-corrected chi connectivity index (χ4v) is 5.02. The normalized spacial score (nSPS) is 14.3. The van der Waals surface area contributed by atoms with Crippen molar-refractivity contribution in [3.8, 4) is 11.5 Å². The Morgan fingerprint density at radius 1 is 1.06 bits per heavy atom. The standard InChI is InChI=1S/C28H31N3O4/c1-3-35-26-12-8-7-9-20(26)17-31-25(27(32)29-21-10-5-4-6-11-21)18-30-23-16-22(34-2)14-13-19(23)15-24(30)28(31)33/h7-9,12-16,18,21H,3-6,10-11,17H2,1-2H3,(H,29,32). The Kier molecular flexibility index (Phi) is 6.49. The number of carbonyl (C=O) groups excluding carboxylic acids is 1. The number of carbonyl (C=O) groups is 1. The van der Waals surface area contributed by atoms with E-state index < -0.39 is 0 Å². The van der Waals surface area contributed by atoms with Gasteiger partial charge in [-0.15, -0.1) is 0 Å². The smallest absolute Gasteiger partial charge is 0.275 e. The molecule has 2 heterocycles. The zero-order valence-corrected chi connectivity index (χ0v) is 20.3. The van der Waals surface area contributed by atoms with E-state index in [-0.39, 0.29) is 24.1 Å². The molecule has 1 amide bonds. The monoisotopic (exact) mass is 473 g/mol. The molecule has 1 saturated carbocycles. The zero-order chi connectivity index (χ0) is 24.4. The number of fused-ring (bicyclic) bond motifs is 3. The van der Waals surface area contributed by atoms with Crippen LogP contribution in [-0.2, 0) is 6.54 Å². The molecule has 4 aromatic rings. The topological polar surface area (TPSA) is 74.0 Å². The molecule has 1 aliphatic carbocycles. The number of hydrogen-bond donors (Lipinski definition) is 1. The summed E-state index contributed by atoms with van der Waals surface area (Å²) in [4.78, 5) is 27.4. The molecule has 35 heavy (non-hydrogen) atoms. The van der Waals surface area contributed by atoms with Crippen LogP contribution in [-0.4, -0.2) is 34.6 Å². The Hall–Kier alpha value is -3.74. The summed E-state index contributed by atoms with van der Waals surface area (Å²) in [6, 6.07) is 15.3. The van der Waals surface area contributed by atoms with Crippen molar-refractivity contribution in [3.05, 3.63) is 76.3 Å². The number of nitrogens with one attached hydrogen (secondary N) is 1. The summed E-state index contributed by atoms with van der Waals surface area (Å²) in [6.45, 7) is 2.69. The molecule has 1 fully saturated rings.